The number of carbonyl (C=O) groups excluding carboxylic acids is 1. The van der Waals surface area contributed by atoms with Gasteiger partial charge in [0, 0.05) is 36.5 Å². The number of phenolic OH excluding ortho intramolecular Hbond substituents is 1. The molecule has 2 heterocycles. The molecule has 0 saturated heterocycles. The summed E-state index contributed by atoms with van der Waals surface area (Å²) in [6.07, 6.45) is 3.67. The van der Waals surface area contributed by atoms with E-state index in [4.69, 9.17) is 4.74 Å². The molecule has 1 aromatic carbocycles. The van der Waals surface area contributed by atoms with Crippen LogP contribution in [0.15, 0.2) is 47.7 Å². The number of hydrogen-bond donors (Lipinski definition) is 3. The zero-order chi connectivity index (χ0) is 21.0. The van der Waals surface area contributed by atoms with Gasteiger partial charge in [-0.25, -0.2) is 4.98 Å². The zero-order valence-electron chi connectivity index (χ0n) is 16.3. The van der Waals surface area contributed by atoms with Gasteiger partial charge in [-0.2, -0.15) is 0 Å². The van der Waals surface area contributed by atoms with Crippen molar-refractivity contribution in [3.63, 3.8) is 0 Å². The van der Waals surface area contributed by atoms with Crippen molar-refractivity contribution in [3.8, 4) is 11.5 Å². The second-order valence-electron chi connectivity index (χ2n) is 6.80. The molecule has 1 atom stereocenters. The molecule has 8 heteroatoms. The normalized spacial score (nSPS) is 11.9. The fourth-order valence-corrected chi connectivity index (χ4v) is 3.41. The Morgan fingerprint density at radius 1 is 1.31 bits per heavy atom. The summed E-state index contributed by atoms with van der Waals surface area (Å²) in [5.41, 5.74) is 1.72. The van der Waals surface area contributed by atoms with Crippen LogP contribution >= 0.6 is 0 Å². The van der Waals surface area contributed by atoms with Crippen LogP contribution in [0.25, 0.3) is 0 Å². The number of nitrogens with zero attached hydrogens (tertiary/aromatic N) is 2. The number of esters is 1. The number of aryl methyl sites for hydroxylation is 2. The summed E-state index contributed by atoms with van der Waals surface area (Å²) in [6, 6.07) is 7.80. The van der Waals surface area contributed by atoms with Gasteiger partial charge in [0.15, 0.2) is 0 Å². The van der Waals surface area contributed by atoms with E-state index in [0.29, 0.717) is 24.2 Å². The van der Waals surface area contributed by atoms with Gasteiger partial charge in [-0.1, -0.05) is 12.1 Å². The summed E-state index contributed by atoms with van der Waals surface area (Å²) < 4.78 is 6.34. The topological polar surface area (TPSA) is 117 Å². The van der Waals surface area contributed by atoms with Crippen molar-refractivity contribution in [2.45, 2.75) is 32.2 Å². The maximum atomic E-state index is 13.3. The first kappa shape index (κ1) is 20.2. The molecule has 0 aliphatic heterocycles. The minimum Gasteiger partial charge on any atom is -0.508 e. The van der Waals surface area contributed by atoms with E-state index in [1.165, 1.54) is 25.3 Å². The lowest BCUT2D eigenvalue weighted by molar-refractivity contribution is -0.140. The van der Waals surface area contributed by atoms with E-state index in [1.807, 2.05) is 0 Å². The largest absolute Gasteiger partial charge is 0.508 e. The van der Waals surface area contributed by atoms with Crippen LogP contribution < -0.4 is 5.56 Å². The number of benzene rings is 1. The van der Waals surface area contributed by atoms with Crippen LogP contribution in [0.3, 0.4) is 0 Å². The molecule has 8 nitrogen and oxygen atoms in total. The predicted octanol–water partition coefficient (Wildman–Crippen LogP) is 2.23. The average molecular weight is 397 g/mol. The molecule has 0 spiro atoms. The fraction of sp³-hybridized carbons (Fsp3) is 0.286. The molecule has 152 valence electrons. The highest BCUT2D eigenvalue weighted by Gasteiger charge is 2.26. The van der Waals surface area contributed by atoms with Crippen LogP contribution in [-0.4, -0.2) is 37.8 Å². The van der Waals surface area contributed by atoms with E-state index in [1.54, 1.807) is 36.1 Å². The third kappa shape index (κ3) is 4.48. The van der Waals surface area contributed by atoms with Gasteiger partial charge in [-0.15, -0.1) is 0 Å². The van der Waals surface area contributed by atoms with Gasteiger partial charge in [0.05, 0.1) is 25.4 Å². The molecule has 0 aliphatic rings. The van der Waals surface area contributed by atoms with Crippen LogP contribution in [0.4, 0.5) is 0 Å². The predicted molar refractivity (Wildman–Crippen MR) is 106 cm³/mol. The maximum absolute atomic E-state index is 13.3. The van der Waals surface area contributed by atoms with Gasteiger partial charge in [0.2, 0.25) is 0 Å². The number of hydrogen-bond acceptors (Lipinski definition) is 6. The maximum Gasteiger partial charge on any atom is 0.306 e. The van der Waals surface area contributed by atoms with E-state index in [0.717, 1.165) is 5.69 Å². The number of carbonyl (C=O) groups is 1. The summed E-state index contributed by atoms with van der Waals surface area (Å²) >= 11 is 0. The van der Waals surface area contributed by atoms with Crippen molar-refractivity contribution in [2.75, 3.05) is 7.11 Å². The Bertz CT molecular complexity index is 1060. The van der Waals surface area contributed by atoms with Crippen molar-refractivity contribution >= 4 is 5.97 Å². The van der Waals surface area contributed by atoms with Crippen molar-refractivity contribution < 1.29 is 19.7 Å². The molecule has 0 aliphatic carbocycles. The summed E-state index contributed by atoms with van der Waals surface area (Å²) in [5.74, 6) is -1.48. The number of methoxy groups -OCH3 is 1. The number of nitrogens with one attached hydrogen (secondary N) is 1. The van der Waals surface area contributed by atoms with Crippen LogP contribution in [0.2, 0.25) is 0 Å². The van der Waals surface area contributed by atoms with Crippen molar-refractivity contribution in [2.24, 2.45) is 0 Å². The Morgan fingerprint density at radius 2 is 2.10 bits per heavy atom. The fourth-order valence-electron chi connectivity index (χ4n) is 3.41. The molecule has 0 amide bonds. The highest BCUT2D eigenvalue weighted by molar-refractivity contribution is 5.71. The number of phenols is 1. The van der Waals surface area contributed by atoms with E-state index in [9.17, 15) is 19.8 Å². The Balaban J connectivity index is 2.07. The molecule has 0 saturated carbocycles. The van der Waals surface area contributed by atoms with Gasteiger partial charge >= 0.3 is 5.97 Å². The zero-order valence-corrected chi connectivity index (χ0v) is 16.3. The lowest BCUT2D eigenvalue weighted by Gasteiger charge is -2.20. The minimum atomic E-state index is -0.763. The third-order valence-corrected chi connectivity index (χ3v) is 4.90. The lowest BCUT2D eigenvalue weighted by atomic mass is 9.88. The molecule has 0 bridgehead atoms. The molecule has 0 fully saturated rings. The van der Waals surface area contributed by atoms with Crippen molar-refractivity contribution in [1.29, 1.82) is 0 Å². The SMILES string of the molecule is COC(=O)C[C@H](c1cccc(O)c1)c1c(O)cc(C)n(CCc2cnc[nH]2)c1=O. The van der Waals surface area contributed by atoms with Gasteiger partial charge in [0.1, 0.15) is 11.5 Å². The number of aromatic hydroxyl groups is 2. The number of aromatic amines is 1. The van der Waals surface area contributed by atoms with Gasteiger partial charge in [0.25, 0.3) is 5.56 Å². The minimum absolute atomic E-state index is 0.00328. The quantitative estimate of drug-likeness (QED) is 0.526. The second-order valence-corrected chi connectivity index (χ2v) is 6.80. The smallest absolute Gasteiger partial charge is 0.306 e. The van der Waals surface area contributed by atoms with E-state index in [2.05, 4.69) is 9.97 Å². The van der Waals surface area contributed by atoms with Crippen LogP contribution in [-0.2, 0) is 22.5 Å². The third-order valence-electron chi connectivity index (χ3n) is 4.90. The average Bonchev–Trinajstić information content (AvgIpc) is 3.20. The standard InChI is InChI=1S/C21H23N3O5/c1-13-8-18(26)20(21(28)24(13)7-6-15-11-22-12-23-15)17(10-19(27)29-2)14-4-3-5-16(25)9-14/h3-5,8-9,11-12,17,25-26H,6-7,10H2,1-2H3,(H,22,23)/t17-/m1/s1. The summed E-state index contributed by atoms with van der Waals surface area (Å²) in [7, 11) is 1.26. The Hall–Kier alpha value is -3.55. The molecular weight excluding hydrogens is 374 g/mol. The number of ether oxygens (including phenoxy) is 1. The molecule has 0 radical (unpaired) electrons. The lowest BCUT2D eigenvalue weighted by Crippen LogP contribution is -2.29. The van der Waals surface area contributed by atoms with E-state index < -0.39 is 11.9 Å². The van der Waals surface area contributed by atoms with Crippen molar-refractivity contribution in [1.82, 2.24) is 14.5 Å². The number of imidazole rings is 1. The van der Waals surface area contributed by atoms with E-state index in [-0.39, 0.29) is 29.0 Å². The first-order chi connectivity index (χ1) is 13.9. The van der Waals surface area contributed by atoms with Crippen LogP contribution in [0.5, 0.6) is 11.5 Å². The van der Waals surface area contributed by atoms with Gasteiger partial charge in [-0.3, -0.25) is 9.59 Å². The monoisotopic (exact) mass is 397 g/mol. The van der Waals surface area contributed by atoms with Gasteiger partial charge in [-0.05, 0) is 30.7 Å². The molecule has 3 aromatic rings. The molecule has 29 heavy (non-hydrogen) atoms. The molecule has 2 aromatic heterocycles. The van der Waals surface area contributed by atoms with Crippen LogP contribution in [0.1, 0.15) is 34.9 Å². The first-order valence-corrected chi connectivity index (χ1v) is 9.17. The number of pyridine rings is 1. The van der Waals surface area contributed by atoms with Crippen LogP contribution in [0, 0.1) is 6.92 Å². The van der Waals surface area contributed by atoms with Crippen molar-refractivity contribution in [3.05, 3.63) is 75.7 Å². The Kier molecular flexibility index (Phi) is 6.01. The molecular formula is C21H23N3O5. The Morgan fingerprint density at radius 3 is 2.76 bits per heavy atom. The highest BCUT2D eigenvalue weighted by Crippen LogP contribution is 2.33. The molecule has 3 rings (SSSR count). The summed E-state index contributed by atoms with van der Waals surface area (Å²) in [6.45, 7) is 2.12. The second kappa shape index (κ2) is 8.64. The highest BCUT2D eigenvalue weighted by atomic mass is 16.5. The Labute approximate surface area is 167 Å². The number of rotatable bonds is 7. The number of aromatic nitrogens is 3. The number of H-pyrrole nitrogens is 1. The molecule has 3 N–H and O–H groups in total. The van der Waals surface area contributed by atoms with E-state index >= 15 is 0 Å². The van der Waals surface area contributed by atoms with Gasteiger partial charge < -0.3 is 24.5 Å². The first-order valence-electron chi connectivity index (χ1n) is 9.17. The summed E-state index contributed by atoms with van der Waals surface area (Å²) in [4.78, 5) is 32.3. The summed E-state index contributed by atoms with van der Waals surface area (Å²) in [5, 5.41) is 20.4. The molecule has 0 unspecified atom stereocenters.